The molecule has 124 valence electrons. The molecule has 0 unspecified atom stereocenters. The van der Waals surface area contributed by atoms with E-state index in [1.165, 1.54) is 16.9 Å². The molecule has 0 aliphatic carbocycles. The molecule has 2 aromatic heterocycles. The Labute approximate surface area is 143 Å². The molecule has 6 nitrogen and oxygen atoms in total. The third kappa shape index (κ3) is 2.83. The fourth-order valence-electron chi connectivity index (χ4n) is 1.99. The third-order valence-corrected chi connectivity index (χ3v) is 4.51. The molecule has 0 atom stereocenters. The predicted molar refractivity (Wildman–Crippen MR) is 88.0 cm³/mol. The van der Waals surface area contributed by atoms with E-state index in [1.54, 1.807) is 7.05 Å². The molecule has 1 aromatic carbocycles. The van der Waals surface area contributed by atoms with E-state index in [0.717, 1.165) is 23.5 Å². The third-order valence-electron chi connectivity index (χ3n) is 3.16. The SMILES string of the molecule is Cn1ncc(NC(=O)c2nc(-c3c(F)cccc3F)sc2N)c1Cl. The Morgan fingerprint density at radius 2 is 2.04 bits per heavy atom. The van der Waals surface area contributed by atoms with Crippen molar-refractivity contribution in [3.63, 3.8) is 0 Å². The van der Waals surface area contributed by atoms with Crippen LogP contribution in [0, 0.1) is 11.6 Å². The van der Waals surface area contributed by atoms with Gasteiger partial charge in [-0.1, -0.05) is 29.0 Å². The number of nitrogens with two attached hydrogens (primary N) is 1. The van der Waals surface area contributed by atoms with Crippen LogP contribution in [0.1, 0.15) is 10.5 Å². The first-order valence-corrected chi connectivity index (χ1v) is 7.77. The summed E-state index contributed by atoms with van der Waals surface area (Å²) in [5.41, 5.74) is 5.58. The number of hydrogen-bond acceptors (Lipinski definition) is 5. The summed E-state index contributed by atoms with van der Waals surface area (Å²) in [6, 6.07) is 3.44. The number of benzene rings is 1. The van der Waals surface area contributed by atoms with Crippen LogP contribution in [0.5, 0.6) is 0 Å². The number of carbonyl (C=O) groups is 1. The fourth-order valence-corrected chi connectivity index (χ4v) is 3.01. The Balaban J connectivity index is 1.94. The Morgan fingerprint density at radius 1 is 1.38 bits per heavy atom. The Morgan fingerprint density at radius 3 is 2.62 bits per heavy atom. The lowest BCUT2D eigenvalue weighted by atomic mass is 10.2. The molecular weight excluding hydrogens is 360 g/mol. The maximum Gasteiger partial charge on any atom is 0.277 e. The predicted octanol–water partition coefficient (Wildman–Crippen LogP) is 3.31. The van der Waals surface area contributed by atoms with Gasteiger partial charge in [0.2, 0.25) is 0 Å². The van der Waals surface area contributed by atoms with Crippen LogP contribution in [0.3, 0.4) is 0 Å². The monoisotopic (exact) mass is 369 g/mol. The molecular formula is C14H10ClF2N5OS. The number of nitrogens with zero attached hydrogens (tertiary/aromatic N) is 3. The Kier molecular flexibility index (Phi) is 4.20. The zero-order chi connectivity index (χ0) is 17.4. The summed E-state index contributed by atoms with van der Waals surface area (Å²) in [4.78, 5) is 16.2. The number of carbonyl (C=O) groups excluding carboxylic acids is 1. The molecule has 24 heavy (non-hydrogen) atoms. The van der Waals surface area contributed by atoms with Crippen molar-refractivity contribution in [2.24, 2.45) is 7.05 Å². The molecule has 0 saturated heterocycles. The zero-order valence-corrected chi connectivity index (χ0v) is 13.8. The van der Waals surface area contributed by atoms with Crippen LogP contribution in [-0.2, 0) is 7.05 Å². The molecule has 3 N–H and O–H groups in total. The molecule has 0 spiro atoms. The Hall–Kier alpha value is -2.52. The van der Waals surface area contributed by atoms with Crippen LogP contribution < -0.4 is 11.1 Å². The summed E-state index contributed by atoms with van der Waals surface area (Å²) in [7, 11) is 1.61. The van der Waals surface area contributed by atoms with Gasteiger partial charge in [0.1, 0.15) is 26.8 Å². The lowest BCUT2D eigenvalue weighted by Crippen LogP contribution is -2.14. The van der Waals surface area contributed by atoms with Crippen LogP contribution in [0.2, 0.25) is 5.15 Å². The molecule has 0 fully saturated rings. The Bertz CT molecular complexity index is 919. The lowest BCUT2D eigenvalue weighted by Gasteiger charge is -2.02. The van der Waals surface area contributed by atoms with Gasteiger partial charge in [-0.3, -0.25) is 9.48 Å². The number of nitrogens with one attached hydrogen (secondary N) is 1. The van der Waals surface area contributed by atoms with E-state index in [-0.39, 0.29) is 32.1 Å². The van der Waals surface area contributed by atoms with E-state index in [4.69, 9.17) is 17.3 Å². The number of rotatable bonds is 3. The number of aromatic nitrogens is 3. The highest BCUT2D eigenvalue weighted by atomic mass is 35.5. The minimum atomic E-state index is -0.786. The van der Waals surface area contributed by atoms with Gasteiger partial charge in [-0.25, -0.2) is 13.8 Å². The number of amides is 1. The second-order valence-corrected chi connectivity index (χ2v) is 6.14. The average molecular weight is 370 g/mol. The zero-order valence-electron chi connectivity index (χ0n) is 12.2. The van der Waals surface area contributed by atoms with Gasteiger partial charge in [-0.15, -0.1) is 0 Å². The highest BCUT2D eigenvalue weighted by Crippen LogP contribution is 2.34. The summed E-state index contributed by atoms with van der Waals surface area (Å²) < 4.78 is 29.0. The van der Waals surface area contributed by atoms with Gasteiger partial charge >= 0.3 is 0 Å². The number of halogens is 3. The van der Waals surface area contributed by atoms with Gasteiger partial charge in [0, 0.05) is 7.05 Å². The average Bonchev–Trinajstić information content (AvgIpc) is 3.05. The minimum absolute atomic E-state index is 0.0227. The highest BCUT2D eigenvalue weighted by molar-refractivity contribution is 7.19. The smallest absolute Gasteiger partial charge is 0.277 e. The number of hydrogen-bond donors (Lipinski definition) is 2. The summed E-state index contributed by atoms with van der Waals surface area (Å²) >= 11 is 6.78. The second-order valence-electron chi connectivity index (χ2n) is 4.76. The maximum absolute atomic E-state index is 13.8. The largest absolute Gasteiger partial charge is 0.389 e. The van der Waals surface area contributed by atoms with E-state index in [2.05, 4.69) is 15.4 Å². The summed E-state index contributed by atoms with van der Waals surface area (Å²) in [5, 5.41) is 6.62. The number of anilines is 2. The van der Waals surface area contributed by atoms with Crippen molar-refractivity contribution in [2.45, 2.75) is 0 Å². The van der Waals surface area contributed by atoms with Crippen molar-refractivity contribution < 1.29 is 13.6 Å². The molecule has 3 aromatic rings. The summed E-state index contributed by atoms with van der Waals surface area (Å²) in [6.07, 6.45) is 1.36. The fraction of sp³-hybridized carbons (Fsp3) is 0.0714. The molecule has 0 aliphatic rings. The van der Waals surface area contributed by atoms with Crippen molar-refractivity contribution >= 4 is 39.5 Å². The summed E-state index contributed by atoms with van der Waals surface area (Å²) in [5.74, 6) is -2.22. The van der Waals surface area contributed by atoms with Gasteiger partial charge < -0.3 is 11.1 Å². The first kappa shape index (κ1) is 16.3. The van der Waals surface area contributed by atoms with Gasteiger partial charge in [-0.2, -0.15) is 5.10 Å². The maximum atomic E-state index is 13.8. The molecule has 2 heterocycles. The van der Waals surface area contributed by atoms with Crippen molar-refractivity contribution in [3.8, 4) is 10.6 Å². The van der Waals surface area contributed by atoms with Crippen LogP contribution in [0.25, 0.3) is 10.6 Å². The van der Waals surface area contributed by atoms with Crippen LogP contribution in [0.4, 0.5) is 19.5 Å². The molecule has 0 saturated carbocycles. The van der Waals surface area contributed by atoms with E-state index in [9.17, 15) is 13.6 Å². The first-order valence-electron chi connectivity index (χ1n) is 6.58. The van der Waals surface area contributed by atoms with Gasteiger partial charge in [0.25, 0.3) is 5.91 Å². The van der Waals surface area contributed by atoms with Crippen molar-refractivity contribution in [1.29, 1.82) is 0 Å². The van der Waals surface area contributed by atoms with Gasteiger partial charge in [0.05, 0.1) is 17.4 Å². The number of aryl methyl sites for hydroxylation is 1. The quantitative estimate of drug-likeness (QED) is 0.741. The van der Waals surface area contributed by atoms with Crippen molar-refractivity contribution in [1.82, 2.24) is 14.8 Å². The number of thiazole rings is 1. The van der Waals surface area contributed by atoms with Crippen LogP contribution >= 0.6 is 22.9 Å². The molecule has 3 rings (SSSR count). The topological polar surface area (TPSA) is 85.8 Å². The van der Waals surface area contributed by atoms with Crippen molar-refractivity contribution in [3.05, 3.63) is 46.9 Å². The van der Waals surface area contributed by atoms with E-state index in [1.807, 2.05) is 0 Å². The van der Waals surface area contributed by atoms with Gasteiger partial charge in [0.15, 0.2) is 5.69 Å². The number of nitrogen functional groups attached to an aromatic ring is 1. The van der Waals surface area contributed by atoms with E-state index >= 15 is 0 Å². The van der Waals surface area contributed by atoms with Gasteiger partial charge in [-0.05, 0) is 12.1 Å². The molecule has 0 radical (unpaired) electrons. The molecule has 0 bridgehead atoms. The molecule has 0 aliphatic heterocycles. The molecule has 10 heteroatoms. The van der Waals surface area contributed by atoms with E-state index in [0.29, 0.717) is 0 Å². The minimum Gasteiger partial charge on any atom is -0.389 e. The van der Waals surface area contributed by atoms with E-state index < -0.39 is 17.5 Å². The standard InChI is InChI=1S/C14H10ClF2N5OS/c1-22-11(15)8(5-19-22)20-13(23)10-12(18)24-14(21-10)9-6(16)3-2-4-7(9)17/h2-5H,18H2,1H3,(H,20,23). The van der Waals surface area contributed by atoms with Crippen LogP contribution in [-0.4, -0.2) is 20.7 Å². The lowest BCUT2D eigenvalue weighted by molar-refractivity contribution is 0.102. The van der Waals surface area contributed by atoms with Crippen LogP contribution in [0.15, 0.2) is 24.4 Å². The second kappa shape index (κ2) is 6.17. The normalized spacial score (nSPS) is 10.8. The highest BCUT2D eigenvalue weighted by Gasteiger charge is 2.22. The van der Waals surface area contributed by atoms with Crippen molar-refractivity contribution in [2.75, 3.05) is 11.1 Å². The summed E-state index contributed by atoms with van der Waals surface area (Å²) in [6.45, 7) is 0. The molecule has 1 amide bonds. The first-order chi connectivity index (χ1) is 11.4.